The predicted molar refractivity (Wildman–Crippen MR) is 71.1 cm³/mol. The summed E-state index contributed by atoms with van der Waals surface area (Å²) in [5.41, 5.74) is -0.267. The lowest BCUT2D eigenvalue weighted by atomic mass is 10.1. The Labute approximate surface area is 120 Å². The van der Waals surface area contributed by atoms with Gasteiger partial charge < -0.3 is 4.74 Å². The molecule has 0 saturated carbocycles. The van der Waals surface area contributed by atoms with Crippen LogP contribution >= 0.6 is 0 Å². The highest BCUT2D eigenvalue weighted by Gasteiger charge is 2.37. The maximum absolute atomic E-state index is 12.2. The summed E-state index contributed by atoms with van der Waals surface area (Å²) < 4.78 is 41.6. The van der Waals surface area contributed by atoms with Crippen LogP contribution in [0.2, 0.25) is 0 Å². The molecule has 1 rings (SSSR count). The molecule has 0 unspecified atom stereocenters. The molecule has 0 spiro atoms. The number of amides is 1. The minimum absolute atomic E-state index is 0.158. The van der Waals surface area contributed by atoms with E-state index in [4.69, 9.17) is 4.74 Å². The van der Waals surface area contributed by atoms with Gasteiger partial charge in [0, 0.05) is 12.1 Å². The Hall–Kier alpha value is -2.05. The van der Waals surface area contributed by atoms with Crippen LogP contribution in [0.5, 0.6) is 0 Å². The van der Waals surface area contributed by atoms with Gasteiger partial charge in [0.25, 0.3) is 0 Å². The number of nitrogens with one attached hydrogen (secondary N) is 1. The first-order chi connectivity index (χ1) is 9.47. The van der Waals surface area contributed by atoms with E-state index in [-0.39, 0.29) is 11.3 Å². The van der Waals surface area contributed by atoms with Gasteiger partial charge >= 0.3 is 12.3 Å². The molecule has 1 aromatic carbocycles. The summed E-state index contributed by atoms with van der Waals surface area (Å²) >= 11 is 0. The molecule has 0 aromatic heterocycles. The molecule has 0 saturated heterocycles. The number of hydrogen-bond donors (Lipinski definition) is 1. The van der Waals surface area contributed by atoms with Crippen molar-refractivity contribution in [2.75, 3.05) is 5.32 Å². The van der Waals surface area contributed by atoms with E-state index in [0.29, 0.717) is 0 Å². The van der Waals surface area contributed by atoms with E-state index in [1.807, 2.05) is 0 Å². The second kappa shape index (κ2) is 6.15. The summed E-state index contributed by atoms with van der Waals surface area (Å²) in [5.74, 6) is -1.84. The van der Waals surface area contributed by atoms with Gasteiger partial charge in [0.15, 0.2) is 0 Å². The summed E-state index contributed by atoms with van der Waals surface area (Å²) in [6.07, 6.45) is -6.36. The molecule has 0 aliphatic heterocycles. The molecular weight excluding hydrogens is 287 g/mol. The Kier molecular flexibility index (Phi) is 4.98. The third-order valence-corrected chi connectivity index (χ3v) is 2.25. The van der Waals surface area contributed by atoms with Gasteiger partial charge in [0.05, 0.1) is 0 Å². The summed E-state index contributed by atoms with van der Waals surface area (Å²) in [6.45, 7) is 5.06. The van der Waals surface area contributed by atoms with Gasteiger partial charge in [-0.25, -0.2) is 4.79 Å². The number of ketones is 1. The number of rotatable bonds is 3. The van der Waals surface area contributed by atoms with Crippen molar-refractivity contribution in [2.24, 2.45) is 0 Å². The molecule has 0 bridgehead atoms. The molecule has 1 N–H and O–H groups in total. The highest BCUT2D eigenvalue weighted by molar-refractivity contribution is 5.87. The zero-order chi connectivity index (χ0) is 16.3. The minimum atomic E-state index is -4.87. The van der Waals surface area contributed by atoms with Gasteiger partial charge in [-0.05, 0) is 38.5 Å². The van der Waals surface area contributed by atoms with E-state index in [0.717, 1.165) is 0 Å². The van der Waals surface area contributed by atoms with Crippen LogP contribution in [0.1, 0.15) is 26.3 Å². The number of halogens is 3. The molecule has 0 fully saturated rings. The van der Waals surface area contributed by atoms with Crippen LogP contribution in [-0.4, -0.2) is 23.7 Å². The second-order valence-corrected chi connectivity index (χ2v) is 5.42. The van der Waals surface area contributed by atoms with Crippen LogP contribution < -0.4 is 5.32 Å². The predicted octanol–water partition coefficient (Wildman–Crippen LogP) is 3.71. The number of benzene rings is 1. The lowest BCUT2D eigenvalue weighted by molar-refractivity contribution is -0.170. The van der Waals surface area contributed by atoms with E-state index < -0.39 is 30.1 Å². The topological polar surface area (TPSA) is 55.4 Å². The number of carbonyl (C=O) groups excluding carboxylic acids is 2. The molecule has 0 atom stereocenters. The van der Waals surface area contributed by atoms with Crippen LogP contribution in [0.25, 0.3) is 0 Å². The highest BCUT2D eigenvalue weighted by atomic mass is 19.4. The van der Waals surface area contributed by atoms with Gasteiger partial charge in [0.1, 0.15) is 5.60 Å². The first kappa shape index (κ1) is 17.0. The monoisotopic (exact) mass is 303 g/mol. The summed E-state index contributed by atoms with van der Waals surface area (Å²) in [7, 11) is 0. The lowest BCUT2D eigenvalue weighted by Crippen LogP contribution is -2.27. The fourth-order valence-electron chi connectivity index (χ4n) is 1.47. The SMILES string of the molecule is CC(C)(C)OC(=O)Nc1cccc(CC(=O)C(F)(F)F)c1. The largest absolute Gasteiger partial charge is 0.450 e. The van der Waals surface area contributed by atoms with Crippen molar-refractivity contribution in [2.45, 2.75) is 39.0 Å². The fourth-order valence-corrected chi connectivity index (χ4v) is 1.47. The van der Waals surface area contributed by atoms with Crippen molar-refractivity contribution in [1.82, 2.24) is 0 Å². The molecule has 0 aliphatic rings. The average molecular weight is 303 g/mol. The third-order valence-electron chi connectivity index (χ3n) is 2.25. The minimum Gasteiger partial charge on any atom is -0.444 e. The summed E-state index contributed by atoms with van der Waals surface area (Å²) in [6, 6.07) is 5.62. The maximum atomic E-state index is 12.2. The van der Waals surface area contributed by atoms with Crippen molar-refractivity contribution in [3.8, 4) is 0 Å². The lowest BCUT2D eigenvalue weighted by Gasteiger charge is -2.19. The van der Waals surface area contributed by atoms with Crippen LogP contribution in [0.15, 0.2) is 24.3 Å². The summed E-state index contributed by atoms with van der Waals surface area (Å²) in [5, 5.41) is 2.40. The molecule has 1 amide bonds. The van der Waals surface area contributed by atoms with Crippen molar-refractivity contribution < 1.29 is 27.5 Å². The molecular formula is C14H16F3NO3. The van der Waals surface area contributed by atoms with Crippen molar-refractivity contribution in [3.63, 3.8) is 0 Å². The number of carbonyl (C=O) groups is 2. The Morgan fingerprint density at radius 3 is 2.33 bits per heavy atom. The third kappa shape index (κ3) is 6.29. The maximum Gasteiger partial charge on any atom is 0.450 e. The number of anilines is 1. The molecule has 7 heteroatoms. The molecule has 1 aromatic rings. The number of alkyl halides is 3. The second-order valence-electron chi connectivity index (χ2n) is 5.42. The van der Waals surface area contributed by atoms with E-state index in [2.05, 4.69) is 5.32 Å². The molecule has 116 valence electrons. The Morgan fingerprint density at radius 1 is 1.19 bits per heavy atom. The summed E-state index contributed by atoms with van der Waals surface area (Å²) in [4.78, 5) is 22.5. The average Bonchev–Trinajstić information content (AvgIpc) is 2.25. The van der Waals surface area contributed by atoms with Crippen molar-refractivity contribution in [1.29, 1.82) is 0 Å². The normalized spacial score (nSPS) is 11.9. The van der Waals surface area contributed by atoms with Gasteiger partial charge in [-0.2, -0.15) is 13.2 Å². The molecule has 4 nitrogen and oxygen atoms in total. The van der Waals surface area contributed by atoms with Crippen molar-refractivity contribution in [3.05, 3.63) is 29.8 Å². The Morgan fingerprint density at radius 2 is 1.81 bits per heavy atom. The van der Waals surface area contributed by atoms with Crippen LogP contribution in [0, 0.1) is 0 Å². The van der Waals surface area contributed by atoms with E-state index in [1.165, 1.54) is 24.3 Å². The van der Waals surface area contributed by atoms with Crippen molar-refractivity contribution >= 4 is 17.6 Å². The number of hydrogen-bond acceptors (Lipinski definition) is 3. The van der Waals surface area contributed by atoms with Crippen LogP contribution in [-0.2, 0) is 16.0 Å². The molecule has 0 radical (unpaired) electrons. The zero-order valence-corrected chi connectivity index (χ0v) is 11.9. The van der Waals surface area contributed by atoms with Gasteiger partial charge in [-0.1, -0.05) is 12.1 Å². The van der Waals surface area contributed by atoms with Crippen LogP contribution in [0.4, 0.5) is 23.7 Å². The van der Waals surface area contributed by atoms with E-state index >= 15 is 0 Å². The molecule has 0 heterocycles. The number of ether oxygens (including phenoxy) is 1. The Bertz CT molecular complexity index is 533. The quantitative estimate of drug-likeness (QED) is 0.926. The van der Waals surface area contributed by atoms with E-state index in [1.54, 1.807) is 20.8 Å². The standard InChI is InChI=1S/C14H16F3NO3/c1-13(2,3)21-12(20)18-10-6-4-5-9(7-10)8-11(19)14(15,16)17/h4-7H,8H2,1-3H3,(H,18,20). The van der Waals surface area contributed by atoms with E-state index in [9.17, 15) is 22.8 Å². The molecule has 0 aliphatic carbocycles. The fraction of sp³-hybridized carbons (Fsp3) is 0.429. The Balaban J connectivity index is 2.73. The van der Waals surface area contributed by atoms with Gasteiger partial charge in [-0.15, -0.1) is 0 Å². The smallest absolute Gasteiger partial charge is 0.444 e. The number of Topliss-reactive ketones (excluding diaryl/α,β-unsaturated/α-hetero) is 1. The van der Waals surface area contributed by atoms with Gasteiger partial charge in [0.2, 0.25) is 5.78 Å². The zero-order valence-electron chi connectivity index (χ0n) is 11.9. The molecule has 21 heavy (non-hydrogen) atoms. The first-order valence-corrected chi connectivity index (χ1v) is 6.16. The first-order valence-electron chi connectivity index (χ1n) is 6.16. The highest BCUT2D eigenvalue weighted by Crippen LogP contribution is 2.20. The van der Waals surface area contributed by atoms with Gasteiger partial charge in [-0.3, -0.25) is 10.1 Å². The van der Waals surface area contributed by atoms with Crippen LogP contribution in [0.3, 0.4) is 0 Å².